The molecule has 156 valence electrons. The van der Waals surface area contributed by atoms with E-state index in [9.17, 15) is 4.79 Å². The maximum Gasteiger partial charge on any atom is 0.222 e. The third-order valence-corrected chi connectivity index (χ3v) is 4.50. The minimum absolute atomic E-state index is 0. The number of guanidine groups is 1. The first-order valence-corrected chi connectivity index (χ1v) is 9.69. The number of amides is 1. The molecule has 0 radical (unpaired) electrons. The fraction of sp³-hybridized carbons (Fsp3) is 0.364. The van der Waals surface area contributed by atoms with Crippen LogP contribution < -0.4 is 15.8 Å². The highest BCUT2D eigenvalue weighted by Gasteiger charge is 2.19. The lowest BCUT2D eigenvalue weighted by atomic mass is 10.1. The van der Waals surface area contributed by atoms with Gasteiger partial charge in [0, 0.05) is 25.2 Å². The number of carbonyl (C=O) groups is 1. The Labute approximate surface area is 189 Å². The molecule has 1 aliphatic heterocycles. The molecule has 2 aromatic carbocycles. The minimum atomic E-state index is 0. The Hall–Kier alpha value is -2.29. The number of hydrogen-bond acceptors (Lipinski definition) is 3. The smallest absolute Gasteiger partial charge is 0.222 e. The zero-order valence-corrected chi connectivity index (χ0v) is 19.3. The number of carbonyl (C=O) groups excluding carboxylic acids is 1. The van der Waals surface area contributed by atoms with Crippen molar-refractivity contribution in [3.05, 3.63) is 59.7 Å². The van der Waals surface area contributed by atoms with Gasteiger partial charge in [0.25, 0.3) is 0 Å². The lowest BCUT2D eigenvalue weighted by Gasteiger charge is -2.15. The van der Waals surface area contributed by atoms with E-state index in [1.54, 1.807) is 0 Å². The molecule has 1 amide bonds. The highest BCUT2D eigenvalue weighted by Crippen LogP contribution is 2.17. The lowest BCUT2D eigenvalue weighted by Crippen LogP contribution is -2.23. The number of nitrogens with two attached hydrogens (primary N) is 1. The number of aliphatic imine (C=N–C) groups is 1. The second kappa shape index (κ2) is 11.0. The summed E-state index contributed by atoms with van der Waals surface area (Å²) in [6.07, 6.45) is 1.78. The molecule has 2 aromatic rings. The molecule has 1 aliphatic rings. The van der Waals surface area contributed by atoms with Gasteiger partial charge in [-0.25, -0.2) is 4.99 Å². The molecule has 0 aliphatic carbocycles. The van der Waals surface area contributed by atoms with Crippen molar-refractivity contribution in [2.75, 3.05) is 11.9 Å². The predicted octanol–water partition coefficient (Wildman–Crippen LogP) is 4.14. The van der Waals surface area contributed by atoms with Crippen molar-refractivity contribution in [3.63, 3.8) is 0 Å². The third-order valence-electron chi connectivity index (χ3n) is 4.50. The van der Waals surface area contributed by atoms with E-state index in [1.807, 2.05) is 67.3 Å². The summed E-state index contributed by atoms with van der Waals surface area (Å²) in [6, 6.07) is 15.8. The van der Waals surface area contributed by atoms with Crippen LogP contribution in [0.25, 0.3) is 0 Å². The summed E-state index contributed by atoms with van der Waals surface area (Å²) < 4.78 is 5.63. The van der Waals surface area contributed by atoms with Gasteiger partial charge in [0.2, 0.25) is 5.91 Å². The van der Waals surface area contributed by atoms with E-state index < -0.39 is 0 Å². The quantitative estimate of drug-likeness (QED) is 0.335. The second-order valence-corrected chi connectivity index (χ2v) is 7.25. The van der Waals surface area contributed by atoms with E-state index in [0.717, 1.165) is 35.5 Å². The molecular weight excluding hydrogens is 479 g/mol. The van der Waals surface area contributed by atoms with Gasteiger partial charge in [-0.3, -0.25) is 4.79 Å². The molecule has 0 saturated carbocycles. The Morgan fingerprint density at radius 3 is 2.38 bits per heavy atom. The summed E-state index contributed by atoms with van der Waals surface area (Å²) in [5.74, 6) is 1.44. The van der Waals surface area contributed by atoms with E-state index in [1.165, 1.54) is 0 Å². The Bertz CT molecular complexity index is 820. The van der Waals surface area contributed by atoms with Crippen molar-refractivity contribution < 1.29 is 9.53 Å². The largest absolute Gasteiger partial charge is 0.491 e. The Morgan fingerprint density at radius 1 is 1.14 bits per heavy atom. The SMILES string of the molecule is CC(C)Oc1ccc(NC(N)=NCc2ccc(CN3CCCC3=O)cc2)cc1.I. The molecule has 1 saturated heterocycles. The first-order chi connectivity index (χ1) is 13.5. The predicted molar refractivity (Wildman–Crippen MR) is 128 cm³/mol. The first-order valence-electron chi connectivity index (χ1n) is 9.69. The molecular formula is C22H29IN4O2. The van der Waals surface area contributed by atoms with E-state index >= 15 is 0 Å². The molecule has 0 atom stereocenters. The van der Waals surface area contributed by atoms with Gasteiger partial charge in [-0.05, 0) is 55.7 Å². The van der Waals surface area contributed by atoms with E-state index in [0.29, 0.717) is 25.5 Å². The van der Waals surface area contributed by atoms with Crippen molar-refractivity contribution in [1.82, 2.24) is 4.90 Å². The molecule has 0 unspecified atom stereocenters. The lowest BCUT2D eigenvalue weighted by molar-refractivity contribution is -0.128. The number of ether oxygens (including phenoxy) is 1. The van der Waals surface area contributed by atoms with Crippen LogP contribution in [0.15, 0.2) is 53.5 Å². The fourth-order valence-corrected chi connectivity index (χ4v) is 3.09. The molecule has 7 heteroatoms. The van der Waals surface area contributed by atoms with Crippen molar-refractivity contribution in [2.24, 2.45) is 10.7 Å². The maximum absolute atomic E-state index is 11.7. The van der Waals surface area contributed by atoms with Crippen molar-refractivity contribution in [1.29, 1.82) is 0 Å². The number of anilines is 1. The van der Waals surface area contributed by atoms with E-state index in [4.69, 9.17) is 10.5 Å². The van der Waals surface area contributed by atoms with Gasteiger partial charge in [-0.15, -0.1) is 24.0 Å². The Morgan fingerprint density at radius 2 is 1.79 bits per heavy atom. The molecule has 0 bridgehead atoms. The topological polar surface area (TPSA) is 80.0 Å². The van der Waals surface area contributed by atoms with Crippen LogP contribution in [0.5, 0.6) is 5.75 Å². The molecule has 0 spiro atoms. The van der Waals surface area contributed by atoms with Crippen molar-refractivity contribution in [2.45, 2.75) is 45.9 Å². The molecule has 3 rings (SSSR count). The van der Waals surface area contributed by atoms with Crippen LogP contribution in [-0.2, 0) is 17.9 Å². The van der Waals surface area contributed by atoms with E-state index in [2.05, 4.69) is 10.3 Å². The number of halogens is 1. The number of benzene rings is 2. The molecule has 1 heterocycles. The summed E-state index contributed by atoms with van der Waals surface area (Å²) in [5, 5.41) is 3.09. The van der Waals surface area contributed by atoms with Crippen molar-refractivity contribution in [3.8, 4) is 5.75 Å². The minimum Gasteiger partial charge on any atom is -0.491 e. The van der Waals surface area contributed by atoms with Gasteiger partial charge in [-0.2, -0.15) is 0 Å². The monoisotopic (exact) mass is 508 g/mol. The molecule has 1 fully saturated rings. The van der Waals surface area contributed by atoms with Gasteiger partial charge in [-0.1, -0.05) is 24.3 Å². The Balaban J connectivity index is 0.00000300. The third kappa shape index (κ3) is 7.23. The van der Waals surface area contributed by atoms with Crippen LogP contribution in [0.4, 0.5) is 5.69 Å². The average Bonchev–Trinajstić information content (AvgIpc) is 3.07. The summed E-state index contributed by atoms with van der Waals surface area (Å²) >= 11 is 0. The molecule has 3 N–H and O–H groups in total. The number of hydrogen-bond donors (Lipinski definition) is 2. The number of nitrogens with one attached hydrogen (secondary N) is 1. The number of likely N-dealkylation sites (tertiary alicyclic amines) is 1. The maximum atomic E-state index is 11.7. The molecule has 0 aromatic heterocycles. The van der Waals surface area contributed by atoms with E-state index in [-0.39, 0.29) is 36.0 Å². The zero-order chi connectivity index (χ0) is 19.9. The average molecular weight is 508 g/mol. The molecule has 29 heavy (non-hydrogen) atoms. The van der Waals surface area contributed by atoms with Gasteiger partial charge >= 0.3 is 0 Å². The second-order valence-electron chi connectivity index (χ2n) is 7.25. The number of nitrogens with zero attached hydrogens (tertiary/aromatic N) is 2. The fourth-order valence-electron chi connectivity index (χ4n) is 3.09. The van der Waals surface area contributed by atoms with Gasteiger partial charge in [0.05, 0.1) is 12.6 Å². The van der Waals surface area contributed by atoms with Crippen LogP contribution in [0, 0.1) is 0 Å². The first kappa shape index (κ1) is 23.0. The number of rotatable bonds is 7. The normalized spacial score (nSPS) is 14.1. The van der Waals surface area contributed by atoms with Crippen LogP contribution in [-0.4, -0.2) is 29.4 Å². The summed E-state index contributed by atoms with van der Waals surface area (Å²) in [4.78, 5) is 18.0. The summed E-state index contributed by atoms with van der Waals surface area (Å²) in [6.45, 7) is 6.03. The highest BCUT2D eigenvalue weighted by molar-refractivity contribution is 14.0. The standard InChI is InChI=1S/C22H28N4O2.HI/c1-16(2)28-20-11-9-19(10-12-20)25-22(23)24-14-17-5-7-18(8-6-17)15-26-13-3-4-21(26)27;/h5-12,16H,3-4,13-15H2,1-2H3,(H3,23,24,25);1H. The van der Waals surface area contributed by atoms with Gasteiger partial charge in [0.1, 0.15) is 5.75 Å². The van der Waals surface area contributed by atoms with Crippen LogP contribution in [0.2, 0.25) is 0 Å². The molecule has 6 nitrogen and oxygen atoms in total. The van der Waals surface area contributed by atoms with Crippen LogP contribution in [0.3, 0.4) is 0 Å². The van der Waals surface area contributed by atoms with Crippen LogP contribution in [0.1, 0.15) is 37.8 Å². The highest BCUT2D eigenvalue weighted by atomic mass is 127. The summed E-state index contributed by atoms with van der Waals surface area (Å²) in [5.41, 5.74) is 9.06. The Kier molecular flexibility index (Phi) is 8.75. The van der Waals surface area contributed by atoms with Crippen molar-refractivity contribution >= 4 is 41.5 Å². The van der Waals surface area contributed by atoms with Gasteiger partial charge < -0.3 is 20.7 Å². The zero-order valence-electron chi connectivity index (χ0n) is 16.9. The van der Waals surface area contributed by atoms with Crippen LogP contribution >= 0.6 is 24.0 Å². The summed E-state index contributed by atoms with van der Waals surface area (Å²) in [7, 11) is 0. The van der Waals surface area contributed by atoms with Gasteiger partial charge in [0.15, 0.2) is 5.96 Å².